The number of hydrogen-bond donors (Lipinski definition) is 1. The van der Waals surface area contributed by atoms with Crippen LogP contribution in [0.5, 0.6) is 0 Å². The fourth-order valence-electron chi connectivity index (χ4n) is 1.30. The quantitative estimate of drug-likeness (QED) is 0.818. The van der Waals surface area contributed by atoms with Gasteiger partial charge in [-0.3, -0.25) is 4.79 Å². The van der Waals surface area contributed by atoms with Crippen LogP contribution in [0.4, 0.5) is 5.69 Å². The highest BCUT2D eigenvalue weighted by Gasteiger charge is 2.35. The van der Waals surface area contributed by atoms with E-state index in [0.717, 1.165) is 0 Å². The molecule has 0 saturated carbocycles. The lowest BCUT2D eigenvalue weighted by atomic mass is 9.83. The van der Waals surface area contributed by atoms with Crippen molar-refractivity contribution in [3.8, 4) is 6.07 Å². The maximum absolute atomic E-state index is 11.8. The molecule has 80 valence electrons. The third kappa shape index (κ3) is 2.15. The Balaban J connectivity index is 2.79. The van der Waals surface area contributed by atoms with Gasteiger partial charge in [0.25, 0.3) is 0 Å². The summed E-state index contributed by atoms with van der Waals surface area (Å²) < 4.78 is 4.58. The minimum absolute atomic E-state index is 0.307. The van der Waals surface area contributed by atoms with Crippen LogP contribution in [0.2, 0.25) is 0 Å². The molecule has 1 N–H and O–H groups in total. The Morgan fingerprint density at radius 3 is 2.73 bits per heavy atom. The van der Waals surface area contributed by atoms with Gasteiger partial charge in [-0.15, -0.1) is 0 Å². The Labute approximate surface area is 88.1 Å². The standard InChI is InChI=1S/C10H13N3O2/c1-3-10(4-2,7-11)9(14)13-8-5-12-15-6-8/h5-6H,3-4H2,1-2H3,(H,13,14). The van der Waals surface area contributed by atoms with E-state index >= 15 is 0 Å². The summed E-state index contributed by atoms with van der Waals surface area (Å²) in [5.74, 6) is -0.307. The number of anilines is 1. The molecule has 0 unspecified atom stereocenters. The van der Waals surface area contributed by atoms with Crippen LogP contribution in [0.1, 0.15) is 26.7 Å². The van der Waals surface area contributed by atoms with Gasteiger partial charge in [-0.25, -0.2) is 0 Å². The second kappa shape index (κ2) is 4.60. The average Bonchev–Trinajstić information content (AvgIpc) is 2.74. The molecule has 0 aliphatic heterocycles. The highest BCUT2D eigenvalue weighted by Crippen LogP contribution is 2.27. The summed E-state index contributed by atoms with van der Waals surface area (Å²) >= 11 is 0. The summed E-state index contributed by atoms with van der Waals surface area (Å²) in [5, 5.41) is 15.1. The molecule has 0 aromatic carbocycles. The lowest BCUT2D eigenvalue weighted by molar-refractivity contribution is -0.123. The van der Waals surface area contributed by atoms with E-state index in [0.29, 0.717) is 18.5 Å². The van der Waals surface area contributed by atoms with Gasteiger partial charge < -0.3 is 9.84 Å². The van der Waals surface area contributed by atoms with Gasteiger partial charge in [-0.05, 0) is 12.8 Å². The number of rotatable bonds is 4. The molecule has 0 spiro atoms. The number of carbonyl (C=O) groups excluding carboxylic acids is 1. The molecule has 1 aromatic heterocycles. The van der Waals surface area contributed by atoms with E-state index < -0.39 is 5.41 Å². The molecule has 1 rings (SSSR count). The lowest BCUT2D eigenvalue weighted by Gasteiger charge is -2.21. The Hall–Kier alpha value is -1.83. The van der Waals surface area contributed by atoms with Crippen LogP contribution in [0.15, 0.2) is 17.0 Å². The highest BCUT2D eigenvalue weighted by molar-refractivity contribution is 5.96. The molecule has 0 aliphatic rings. The van der Waals surface area contributed by atoms with Crippen molar-refractivity contribution < 1.29 is 9.32 Å². The molecule has 15 heavy (non-hydrogen) atoms. The van der Waals surface area contributed by atoms with Crippen molar-refractivity contribution in [1.29, 1.82) is 5.26 Å². The van der Waals surface area contributed by atoms with E-state index in [1.807, 2.05) is 13.8 Å². The number of amides is 1. The van der Waals surface area contributed by atoms with Crippen molar-refractivity contribution >= 4 is 11.6 Å². The molecule has 1 aromatic rings. The van der Waals surface area contributed by atoms with Gasteiger partial charge in [-0.1, -0.05) is 19.0 Å². The van der Waals surface area contributed by atoms with Crippen molar-refractivity contribution in [2.75, 3.05) is 5.32 Å². The molecule has 1 heterocycles. The third-order valence-corrected chi connectivity index (χ3v) is 2.55. The Kier molecular flexibility index (Phi) is 3.45. The number of nitrogens with zero attached hydrogens (tertiary/aromatic N) is 2. The fraction of sp³-hybridized carbons (Fsp3) is 0.500. The van der Waals surface area contributed by atoms with Crippen LogP contribution in [-0.2, 0) is 4.79 Å². The first kappa shape index (κ1) is 11.2. The number of hydrogen-bond acceptors (Lipinski definition) is 4. The first-order chi connectivity index (χ1) is 7.18. The minimum Gasteiger partial charge on any atom is -0.363 e. The molecule has 0 bridgehead atoms. The van der Waals surface area contributed by atoms with E-state index in [4.69, 9.17) is 5.26 Å². The van der Waals surface area contributed by atoms with Crippen LogP contribution in [0.3, 0.4) is 0 Å². The first-order valence-electron chi connectivity index (χ1n) is 4.80. The van der Waals surface area contributed by atoms with Crippen LogP contribution in [0, 0.1) is 16.7 Å². The second-order valence-corrected chi connectivity index (χ2v) is 3.27. The van der Waals surface area contributed by atoms with Crippen molar-refractivity contribution in [2.45, 2.75) is 26.7 Å². The van der Waals surface area contributed by atoms with Crippen LogP contribution >= 0.6 is 0 Å². The molecule has 0 saturated heterocycles. The predicted octanol–water partition coefficient (Wildman–Crippen LogP) is 1.94. The zero-order valence-corrected chi connectivity index (χ0v) is 8.78. The summed E-state index contributed by atoms with van der Waals surface area (Å²) in [7, 11) is 0. The molecular weight excluding hydrogens is 194 g/mol. The van der Waals surface area contributed by atoms with E-state index in [9.17, 15) is 4.79 Å². The van der Waals surface area contributed by atoms with Crippen molar-refractivity contribution in [3.05, 3.63) is 12.5 Å². The van der Waals surface area contributed by atoms with Gasteiger partial charge in [0.2, 0.25) is 5.91 Å². The number of nitriles is 1. The van der Waals surface area contributed by atoms with Crippen LogP contribution in [-0.4, -0.2) is 11.1 Å². The SMILES string of the molecule is CCC(C#N)(CC)C(=O)Nc1cnoc1. The highest BCUT2D eigenvalue weighted by atomic mass is 16.5. The largest absolute Gasteiger partial charge is 0.363 e. The van der Waals surface area contributed by atoms with Crippen LogP contribution in [0.25, 0.3) is 0 Å². The van der Waals surface area contributed by atoms with E-state index in [-0.39, 0.29) is 5.91 Å². The maximum Gasteiger partial charge on any atom is 0.244 e. The predicted molar refractivity (Wildman–Crippen MR) is 53.8 cm³/mol. The molecule has 1 amide bonds. The smallest absolute Gasteiger partial charge is 0.244 e. The van der Waals surface area contributed by atoms with Gasteiger partial charge in [0.05, 0.1) is 12.3 Å². The summed E-state index contributed by atoms with van der Waals surface area (Å²) in [6, 6.07) is 2.06. The zero-order valence-electron chi connectivity index (χ0n) is 8.78. The average molecular weight is 207 g/mol. The summed E-state index contributed by atoms with van der Waals surface area (Å²) in [6.45, 7) is 3.64. The fourth-order valence-corrected chi connectivity index (χ4v) is 1.30. The van der Waals surface area contributed by atoms with Crippen molar-refractivity contribution in [3.63, 3.8) is 0 Å². The van der Waals surface area contributed by atoms with Crippen molar-refractivity contribution in [1.82, 2.24) is 5.16 Å². The molecule has 0 fully saturated rings. The molecule has 0 aliphatic carbocycles. The minimum atomic E-state index is -0.961. The Morgan fingerprint density at radius 1 is 1.67 bits per heavy atom. The lowest BCUT2D eigenvalue weighted by Crippen LogP contribution is -2.33. The van der Waals surface area contributed by atoms with E-state index in [2.05, 4.69) is 21.1 Å². The van der Waals surface area contributed by atoms with Gasteiger partial charge in [0.15, 0.2) is 0 Å². The summed E-state index contributed by atoms with van der Waals surface area (Å²) in [5.41, 5.74) is -0.487. The zero-order chi connectivity index (χ0) is 11.3. The molecule has 0 atom stereocenters. The van der Waals surface area contributed by atoms with Gasteiger partial charge >= 0.3 is 0 Å². The number of aromatic nitrogens is 1. The van der Waals surface area contributed by atoms with Gasteiger partial charge in [0.1, 0.15) is 17.4 Å². The Bertz CT molecular complexity index is 361. The number of carbonyl (C=O) groups is 1. The van der Waals surface area contributed by atoms with Gasteiger partial charge in [0, 0.05) is 0 Å². The van der Waals surface area contributed by atoms with Gasteiger partial charge in [-0.2, -0.15) is 5.26 Å². The molecule has 0 radical (unpaired) electrons. The first-order valence-corrected chi connectivity index (χ1v) is 4.80. The molecular formula is C10H13N3O2. The Morgan fingerprint density at radius 2 is 2.33 bits per heavy atom. The van der Waals surface area contributed by atoms with E-state index in [1.165, 1.54) is 12.5 Å². The normalized spacial score (nSPS) is 10.7. The molecule has 5 nitrogen and oxygen atoms in total. The van der Waals surface area contributed by atoms with Crippen LogP contribution < -0.4 is 5.32 Å². The number of nitrogens with one attached hydrogen (secondary N) is 1. The second-order valence-electron chi connectivity index (χ2n) is 3.27. The van der Waals surface area contributed by atoms with E-state index in [1.54, 1.807) is 0 Å². The maximum atomic E-state index is 11.8. The monoisotopic (exact) mass is 207 g/mol. The summed E-state index contributed by atoms with van der Waals surface area (Å²) in [6.07, 6.45) is 3.69. The summed E-state index contributed by atoms with van der Waals surface area (Å²) in [4.78, 5) is 11.8. The third-order valence-electron chi connectivity index (χ3n) is 2.55. The molecule has 5 heteroatoms. The van der Waals surface area contributed by atoms with Crippen molar-refractivity contribution in [2.24, 2.45) is 5.41 Å². The topological polar surface area (TPSA) is 78.9 Å².